The van der Waals surface area contributed by atoms with Crippen molar-refractivity contribution in [1.29, 1.82) is 0 Å². The lowest BCUT2D eigenvalue weighted by Gasteiger charge is -2.34. The molecule has 1 unspecified atom stereocenters. The minimum absolute atomic E-state index is 0.0433. The van der Waals surface area contributed by atoms with E-state index in [0.717, 1.165) is 6.42 Å². The molecule has 0 radical (unpaired) electrons. The molecule has 0 bridgehead atoms. The molecule has 5 nitrogen and oxygen atoms in total. The van der Waals surface area contributed by atoms with Crippen LogP contribution >= 0.6 is 0 Å². The molecule has 5 heteroatoms. The van der Waals surface area contributed by atoms with Crippen LogP contribution in [-0.4, -0.2) is 59.0 Å². The fourth-order valence-electron chi connectivity index (χ4n) is 2.47. The fourth-order valence-corrected chi connectivity index (χ4v) is 2.47. The number of hydrogen-bond acceptors (Lipinski definition) is 3. The van der Waals surface area contributed by atoms with Gasteiger partial charge in [-0.25, -0.2) is 0 Å². The molecule has 18 heavy (non-hydrogen) atoms. The van der Waals surface area contributed by atoms with Crippen LogP contribution in [0.2, 0.25) is 0 Å². The zero-order chi connectivity index (χ0) is 13.7. The monoisotopic (exact) mass is 256 g/mol. The van der Waals surface area contributed by atoms with E-state index >= 15 is 0 Å². The lowest BCUT2D eigenvalue weighted by molar-refractivity contribution is -0.145. The Labute approximate surface area is 109 Å². The highest BCUT2D eigenvalue weighted by atomic mass is 16.3. The third-order valence-corrected chi connectivity index (χ3v) is 3.39. The van der Waals surface area contributed by atoms with Gasteiger partial charge in [0.25, 0.3) is 0 Å². The first-order valence-electron chi connectivity index (χ1n) is 6.72. The zero-order valence-electron chi connectivity index (χ0n) is 11.6. The van der Waals surface area contributed by atoms with Crippen molar-refractivity contribution in [2.24, 2.45) is 5.92 Å². The number of carbonyl (C=O) groups is 2. The standard InChI is InChI=1S/C13H24N2O3/c1-4-14(8-9-16)13(18)12(10(2)3)15-7-5-6-11(15)17/h10,12,16H,4-9H2,1-3H3. The number of aliphatic hydroxyl groups is 1. The van der Waals surface area contributed by atoms with E-state index in [0.29, 0.717) is 26.1 Å². The van der Waals surface area contributed by atoms with Crippen LogP contribution in [0.3, 0.4) is 0 Å². The van der Waals surface area contributed by atoms with Crippen molar-refractivity contribution in [3.05, 3.63) is 0 Å². The Morgan fingerprint density at radius 3 is 2.56 bits per heavy atom. The molecule has 1 aliphatic heterocycles. The molecule has 0 aromatic carbocycles. The summed E-state index contributed by atoms with van der Waals surface area (Å²) in [6.45, 7) is 7.33. The van der Waals surface area contributed by atoms with Crippen molar-refractivity contribution in [2.75, 3.05) is 26.2 Å². The Kier molecular flexibility index (Phi) is 5.59. The van der Waals surface area contributed by atoms with Gasteiger partial charge >= 0.3 is 0 Å². The lowest BCUT2D eigenvalue weighted by Crippen LogP contribution is -2.52. The van der Waals surface area contributed by atoms with Crippen molar-refractivity contribution < 1.29 is 14.7 Å². The number of amides is 2. The number of nitrogens with zero attached hydrogens (tertiary/aromatic N) is 2. The van der Waals surface area contributed by atoms with Crippen molar-refractivity contribution in [1.82, 2.24) is 9.80 Å². The molecule has 1 atom stereocenters. The highest BCUT2D eigenvalue weighted by Crippen LogP contribution is 2.20. The average Bonchev–Trinajstić information content (AvgIpc) is 2.72. The summed E-state index contributed by atoms with van der Waals surface area (Å²) in [6.07, 6.45) is 1.38. The third-order valence-electron chi connectivity index (χ3n) is 3.39. The van der Waals surface area contributed by atoms with Gasteiger partial charge in [-0.2, -0.15) is 0 Å². The van der Waals surface area contributed by atoms with Crippen LogP contribution in [-0.2, 0) is 9.59 Å². The van der Waals surface area contributed by atoms with E-state index in [1.54, 1.807) is 9.80 Å². The second-order valence-electron chi connectivity index (χ2n) is 5.02. The number of likely N-dealkylation sites (N-methyl/N-ethyl adjacent to an activating group) is 1. The maximum Gasteiger partial charge on any atom is 0.245 e. The Bertz CT molecular complexity index is 305. The van der Waals surface area contributed by atoms with Gasteiger partial charge in [0.05, 0.1) is 6.61 Å². The molecule has 1 saturated heterocycles. The van der Waals surface area contributed by atoms with Crippen LogP contribution in [0.15, 0.2) is 0 Å². The summed E-state index contributed by atoms with van der Waals surface area (Å²) >= 11 is 0. The number of hydrogen-bond donors (Lipinski definition) is 1. The van der Waals surface area contributed by atoms with Crippen LogP contribution in [0, 0.1) is 5.92 Å². The first-order chi connectivity index (χ1) is 8.52. The van der Waals surface area contributed by atoms with E-state index in [2.05, 4.69) is 0 Å². The molecule has 0 saturated carbocycles. The predicted molar refractivity (Wildman–Crippen MR) is 68.9 cm³/mol. The summed E-state index contributed by atoms with van der Waals surface area (Å²) in [6, 6.07) is -0.383. The molecule has 2 amide bonds. The highest BCUT2D eigenvalue weighted by molar-refractivity contribution is 5.88. The van der Waals surface area contributed by atoms with Gasteiger partial charge in [0.1, 0.15) is 6.04 Å². The van der Waals surface area contributed by atoms with E-state index < -0.39 is 0 Å². The summed E-state index contributed by atoms with van der Waals surface area (Å²) < 4.78 is 0. The van der Waals surface area contributed by atoms with E-state index in [4.69, 9.17) is 5.11 Å². The number of carbonyl (C=O) groups excluding carboxylic acids is 2. The van der Waals surface area contributed by atoms with Crippen LogP contribution in [0.4, 0.5) is 0 Å². The number of likely N-dealkylation sites (tertiary alicyclic amines) is 1. The molecule has 0 aromatic rings. The fraction of sp³-hybridized carbons (Fsp3) is 0.846. The van der Waals surface area contributed by atoms with E-state index in [9.17, 15) is 9.59 Å². The first kappa shape index (κ1) is 15.0. The van der Waals surface area contributed by atoms with Crippen LogP contribution < -0.4 is 0 Å². The van der Waals surface area contributed by atoms with Crippen LogP contribution in [0.5, 0.6) is 0 Å². The molecule has 1 N–H and O–H groups in total. The van der Waals surface area contributed by atoms with Crippen molar-refractivity contribution in [3.8, 4) is 0 Å². The average molecular weight is 256 g/mol. The molecule has 104 valence electrons. The molecule has 1 heterocycles. The Balaban J connectivity index is 2.83. The minimum Gasteiger partial charge on any atom is -0.395 e. The first-order valence-corrected chi connectivity index (χ1v) is 6.72. The van der Waals surface area contributed by atoms with Gasteiger partial charge in [-0.1, -0.05) is 13.8 Å². The van der Waals surface area contributed by atoms with Gasteiger partial charge in [-0.3, -0.25) is 9.59 Å². The molecule has 1 fully saturated rings. The van der Waals surface area contributed by atoms with E-state index in [1.165, 1.54) is 0 Å². The molecule has 1 aliphatic rings. The number of rotatable bonds is 6. The lowest BCUT2D eigenvalue weighted by atomic mass is 10.0. The van der Waals surface area contributed by atoms with Crippen molar-refractivity contribution in [2.45, 2.75) is 39.7 Å². The van der Waals surface area contributed by atoms with Gasteiger partial charge in [0.15, 0.2) is 0 Å². The second-order valence-corrected chi connectivity index (χ2v) is 5.02. The van der Waals surface area contributed by atoms with Gasteiger partial charge in [0, 0.05) is 26.1 Å². The maximum absolute atomic E-state index is 12.5. The maximum atomic E-state index is 12.5. The summed E-state index contributed by atoms with van der Waals surface area (Å²) in [5.41, 5.74) is 0. The molecule has 0 aromatic heterocycles. The van der Waals surface area contributed by atoms with Crippen LogP contribution in [0.25, 0.3) is 0 Å². The Morgan fingerprint density at radius 2 is 2.17 bits per heavy atom. The largest absolute Gasteiger partial charge is 0.395 e. The van der Waals surface area contributed by atoms with Gasteiger partial charge in [0.2, 0.25) is 11.8 Å². The van der Waals surface area contributed by atoms with Gasteiger partial charge in [-0.15, -0.1) is 0 Å². The molecule has 1 rings (SSSR count). The quantitative estimate of drug-likeness (QED) is 0.751. The zero-order valence-corrected chi connectivity index (χ0v) is 11.6. The molecule has 0 spiro atoms. The molecule has 0 aliphatic carbocycles. The molecular formula is C13H24N2O3. The van der Waals surface area contributed by atoms with Crippen molar-refractivity contribution in [3.63, 3.8) is 0 Å². The van der Waals surface area contributed by atoms with Crippen LogP contribution in [0.1, 0.15) is 33.6 Å². The predicted octanol–water partition coefficient (Wildman–Crippen LogP) is 0.474. The molecular weight excluding hydrogens is 232 g/mol. The topological polar surface area (TPSA) is 60.9 Å². The normalized spacial score (nSPS) is 17.4. The van der Waals surface area contributed by atoms with Crippen molar-refractivity contribution >= 4 is 11.8 Å². The summed E-state index contributed by atoms with van der Waals surface area (Å²) in [5.74, 6) is 0.117. The SMILES string of the molecule is CCN(CCO)C(=O)C(C(C)C)N1CCCC1=O. The number of aliphatic hydroxyl groups excluding tert-OH is 1. The summed E-state index contributed by atoms with van der Waals surface area (Å²) in [4.78, 5) is 27.6. The summed E-state index contributed by atoms with van der Waals surface area (Å²) in [5, 5.41) is 8.98. The van der Waals surface area contributed by atoms with E-state index in [-0.39, 0.29) is 30.4 Å². The van der Waals surface area contributed by atoms with Gasteiger partial charge in [-0.05, 0) is 19.3 Å². The summed E-state index contributed by atoms with van der Waals surface area (Å²) in [7, 11) is 0. The third kappa shape index (κ3) is 3.22. The van der Waals surface area contributed by atoms with Gasteiger partial charge < -0.3 is 14.9 Å². The Morgan fingerprint density at radius 1 is 1.50 bits per heavy atom. The highest BCUT2D eigenvalue weighted by Gasteiger charge is 2.36. The second kappa shape index (κ2) is 6.73. The van der Waals surface area contributed by atoms with E-state index in [1.807, 2.05) is 20.8 Å². The smallest absolute Gasteiger partial charge is 0.245 e. The minimum atomic E-state index is -0.383. The Hall–Kier alpha value is -1.10.